The molecular weight excluding hydrogens is 234 g/mol. The number of nitrogens with zero attached hydrogens (tertiary/aromatic N) is 2. The summed E-state index contributed by atoms with van der Waals surface area (Å²) in [5, 5.41) is 3.44. The van der Waals surface area contributed by atoms with Crippen molar-refractivity contribution in [1.82, 2.24) is 10.3 Å². The van der Waals surface area contributed by atoms with E-state index in [9.17, 15) is 0 Å². The van der Waals surface area contributed by atoms with Crippen LogP contribution in [0.25, 0.3) is 0 Å². The van der Waals surface area contributed by atoms with Gasteiger partial charge >= 0.3 is 0 Å². The average molecular weight is 263 g/mol. The Labute approximate surface area is 118 Å². The summed E-state index contributed by atoms with van der Waals surface area (Å²) >= 11 is 0. The van der Waals surface area contributed by atoms with Crippen LogP contribution >= 0.6 is 0 Å². The molecule has 0 radical (unpaired) electrons. The van der Waals surface area contributed by atoms with Crippen molar-refractivity contribution in [2.75, 3.05) is 18.5 Å². The van der Waals surface area contributed by atoms with Crippen molar-refractivity contribution < 1.29 is 0 Å². The molecule has 3 heteroatoms. The van der Waals surface area contributed by atoms with Gasteiger partial charge in [0.05, 0.1) is 5.69 Å². The molecule has 0 spiro atoms. The third-order valence-electron chi connectivity index (χ3n) is 3.64. The van der Waals surface area contributed by atoms with Crippen LogP contribution in [-0.4, -0.2) is 24.6 Å². The van der Waals surface area contributed by atoms with E-state index in [1.54, 1.807) is 0 Å². The summed E-state index contributed by atoms with van der Waals surface area (Å²) in [7, 11) is 2.16. The Bertz CT molecular complexity index is 374. The predicted molar refractivity (Wildman–Crippen MR) is 83.5 cm³/mol. The van der Waals surface area contributed by atoms with Crippen molar-refractivity contribution in [3.8, 4) is 0 Å². The van der Waals surface area contributed by atoms with Gasteiger partial charge in [0, 0.05) is 31.5 Å². The fourth-order valence-electron chi connectivity index (χ4n) is 1.95. The summed E-state index contributed by atoms with van der Waals surface area (Å²) in [4.78, 5) is 6.77. The number of hydrogen-bond acceptors (Lipinski definition) is 3. The molecule has 0 aliphatic heterocycles. The van der Waals surface area contributed by atoms with Gasteiger partial charge < -0.3 is 10.2 Å². The molecule has 19 heavy (non-hydrogen) atoms. The second-order valence-electron chi connectivity index (χ2n) is 6.13. The Kier molecular flexibility index (Phi) is 6.29. The number of anilines is 1. The molecule has 1 rings (SSSR count). The zero-order valence-corrected chi connectivity index (χ0v) is 13.3. The fraction of sp³-hybridized carbons (Fsp3) is 0.688. The fourth-order valence-corrected chi connectivity index (χ4v) is 1.95. The van der Waals surface area contributed by atoms with Crippen LogP contribution in [-0.2, 0) is 6.54 Å². The first-order valence-corrected chi connectivity index (χ1v) is 7.30. The Morgan fingerprint density at radius 1 is 1.21 bits per heavy atom. The molecule has 0 saturated heterocycles. The molecule has 0 saturated carbocycles. The summed E-state index contributed by atoms with van der Waals surface area (Å²) in [6.45, 7) is 13.1. The highest BCUT2D eigenvalue weighted by atomic mass is 15.1. The number of pyridine rings is 1. The molecule has 1 heterocycles. The lowest BCUT2D eigenvalue weighted by Crippen LogP contribution is -2.33. The largest absolute Gasteiger partial charge is 0.372 e. The average Bonchev–Trinajstić information content (AvgIpc) is 2.36. The molecule has 1 atom stereocenters. The van der Waals surface area contributed by atoms with Crippen molar-refractivity contribution in [2.45, 2.75) is 47.2 Å². The molecule has 1 aromatic heterocycles. The van der Waals surface area contributed by atoms with Crippen LogP contribution in [0, 0.1) is 11.8 Å². The third kappa shape index (κ3) is 5.19. The van der Waals surface area contributed by atoms with Gasteiger partial charge in [0.1, 0.15) is 0 Å². The van der Waals surface area contributed by atoms with Crippen molar-refractivity contribution in [1.29, 1.82) is 0 Å². The van der Waals surface area contributed by atoms with Gasteiger partial charge in [0.25, 0.3) is 0 Å². The summed E-state index contributed by atoms with van der Waals surface area (Å²) in [6, 6.07) is 4.80. The quantitative estimate of drug-likeness (QED) is 0.818. The van der Waals surface area contributed by atoms with E-state index in [4.69, 9.17) is 0 Å². The third-order valence-corrected chi connectivity index (χ3v) is 3.64. The van der Waals surface area contributed by atoms with Gasteiger partial charge in [-0.2, -0.15) is 0 Å². The van der Waals surface area contributed by atoms with E-state index < -0.39 is 0 Å². The Hall–Kier alpha value is -1.09. The Balaban J connectivity index is 2.66. The number of rotatable bonds is 7. The highest BCUT2D eigenvalue weighted by molar-refractivity contribution is 5.46. The minimum absolute atomic E-state index is 0.527. The van der Waals surface area contributed by atoms with Gasteiger partial charge in [-0.05, 0) is 37.4 Å². The summed E-state index contributed by atoms with van der Waals surface area (Å²) in [5.41, 5.74) is 2.36. The lowest BCUT2D eigenvalue weighted by molar-refractivity contribution is 0.505. The molecule has 108 valence electrons. The number of hydrogen-bond donors (Lipinski definition) is 1. The maximum atomic E-state index is 4.43. The normalized spacial score (nSPS) is 13.1. The lowest BCUT2D eigenvalue weighted by atomic mass is 10.0. The number of aromatic nitrogens is 1. The monoisotopic (exact) mass is 263 g/mol. The van der Waals surface area contributed by atoms with Crippen LogP contribution in [0.4, 0.5) is 5.69 Å². The Morgan fingerprint density at radius 2 is 1.89 bits per heavy atom. The van der Waals surface area contributed by atoms with Gasteiger partial charge in [0.15, 0.2) is 0 Å². The highest BCUT2D eigenvalue weighted by Gasteiger charge is 2.14. The summed E-state index contributed by atoms with van der Waals surface area (Å²) in [5.74, 6) is 1.31. The molecule has 0 aliphatic carbocycles. The molecule has 0 aromatic carbocycles. The second-order valence-corrected chi connectivity index (χ2v) is 6.13. The molecule has 1 N–H and O–H groups in total. The molecule has 1 unspecified atom stereocenters. The standard InChI is InChI=1S/C16H29N3/c1-12(2)10-17-11-15-9-16(7-8-18-15)19(6)14(5)13(3)4/h7-9,12-14,17H,10-11H2,1-6H3. The zero-order valence-electron chi connectivity index (χ0n) is 13.3. The Morgan fingerprint density at radius 3 is 2.47 bits per heavy atom. The SMILES string of the molecule is CC(C)CNCc1cc(N(C)C(C)C(C)C)ccn1. The van der Waals surface area contributed by atoms with Gasteiger partial charge in [-0.15, -0.1) is 0 Å². The first-order chi connectivity index (χ1) is 8.91. The van der Waals surface area contributed by atoms with E-state index >= 15 is 0 Å². The molecule has 0 aliphatic rings. The maximum Gasteiger partial charge on any atom is 0.0562 e. The molecule has 0 amide bonds. The van der Waals surface area contributed by atoms with Gasteiger partial charge in [-0.1, -0.05) is 27.7 Å². The first-order valence-electron chi connectivity index (χ1n) is 7.30. The second kappa shape index (κ2) is 7.49. The van der Waals surface area contributed by atoms with Crippen LogP contribution in [0.1, 0.15) is 40.3 Å². The topological polar surface area (TPSA) is 28.2 Å². The zero-order chi connectivity index (χ0) is 14.4. The predicted octanol–water partition coefficient (Wildman–Crippen LogP) is 3.31. The van der Waals surface area contributed by atoms with Crippen molar-refractivity contribution in [2.24, 2.45) is 11.8 Å². The molecule has 0 fully saturated rings. The van der Waals surface area contributed by atoms with E-state index in [1.807, 2.05) is 6.20 Å². The highest BCUT2D eigenvalue weighted by Crippen LogP contribution is 2.19. The van der Waals surface area contributed by atoms with Crippen LogP contribution in [0.2, 0.25) is 0 Å². The minimum atomic E-state index is 0.527. The molecule has 3 nitrogen and oxygen atoms in total. The summed E-state index contributed by atoms with van der Waals surface area (Å²) in [6.07, 6.45) is 1.91. The van der Waals surface area contributed by atoms with E-state index in [0.29, 0.717) is 17.9 Å². The van der Waals surface area contributed by atoms with Crippen molar-refractivity contribution in [3.63, 3.8) is 0 Å². The minimum Gasteiger partial charge on any atom is -0.372 e. The van der Waals surface area contributed by atoms with Crippen LogP contribution < -0.4 is 10.2 Å². The molecular formula is C16H29N3. The van der Waals surface area contributed by atoms with E-state index in [-0.39, 0.29) is 0 Å². The molecule has 1 aromatic rings. The van der Waals surface area contributed by atoms with Crippen LogP contribution in [0.5, 0.6) is 0 Å². The van der Waals surface area contributed by atoms with Crippen molar-refractivity contribution >= 4 is 5.69 Å². The lowest BCUT2D eigenvalue weighted by Gasteiger charge is -2.30. The maximum absolute atomic E-state index is 4.43. The van der Waals surface area contributed by atoms with Crippen LogP contribution in [0.15, 0.2) is 18.3 Å². The van der Waals surface area contributed by atoms with Gasteiger partial charge in [0.2, 0.25) is 0 Å². The van der Waals surface area contributed by atoms with Gasteiger partial charge in [-0.3, -0.25) is 4.98 Å². The molecule has 0 bridgehead atoms. The summed E-state index contributed by atoms with van der Waals surface area (Å²) < 4.78 is 0. The van der Waals surface area contributed by atoms with Crippen molar-refractivity contribution in [3.05, 3.63) is 24.0 Å². The van der Waals surface area contributed by atoms with Crippen LogP contribution in [0.3, 0.4) is 0 Å². The smallest absolute Gasteiger partial charge is 0.0562 e. The van der Waals surface area contributed by atoms with E-state index in [2.05, 4.69) is 69.0 Å². The first kappa shape index (κ1) is 16.0. The van der Waals surface area contributed by atoms with E-state index in [1.165, 1.54) is 5.69 Å². The van der Waals surface area contributed by atoms with E-state index in [0.717, 1.165) is 18.8 Å². The van der Waals surface area contributed by atoms with Gasteiger partial charge in [-0.25, -0.2) is 0 Å². The number of nitrogens with one attached hydrogen (secondary N) is 1.